The molecule has 7 aromatic rings. The van der Waals surface area contributed by atoms with Gasteiger partial charge >= 0.3 is 12.2 Å². The second-order valence-corrected chi connectivity index (χ2v) is 16.1. The minimum atomic E-state index is -0.845. The van der Waals surface area contributed by atoms with Crippen LogP contribution in [0.1, 0.15) is 47.1 Å². The predicted molar refractivity (Wildman–Crippen MR) is 200 cm³/mol. The number of aryl methyl sites for hydroxylation is 1. The number of pyridine rings is 2. The first-order chi connectivity index (χ1) is 23.1. The van der Waals surface area contributed by atoms with Crippen LogP contribution in [0.3, 0.4) is 0 Å². The molecular weight excluding hydrogens is 657 g/mol. The summed E-state index contributed by atoms with van der Waals surface area (Å²) in [6.45, 7) is 12.4. The van der Waals surface area contributed by atoms with Crippen LogP contribution in [0.5, 0.6) is 0 Å². The highest BCUT2D eigenvalue weighted by molar-refractivity contribution is 7.23. The minimum Gasteiger partial charge on any atom is -0.443 e. The van der Waals surface area contributed by atoms with E-state index in [-0.39, 0.29) is 32.7 Å². The number of ether oxygens (including phenoxy) is 2. The van der Waals surface area contributed by atoms with E-state index in [1.54, 1.807) is 88.5 Å². The highest BCUT2D eigenvalue weighted by atomic mass is 32.1. The molecule has 0 aliphatic heterocycles. The van der Waals surface area contributed by atoms with Crippen LogP contribution in [0.25, 0.3) is 63.8 Å². The van der Waals surface area contributed by atoms with E-state index >= 15 is 0 Å². The van der Waals surface area contributed by atoms with Gasteiger partial charge < -0.3 is 9.47 Å². The summed E-state index contributed by atoms with van der Waals surface area (Å²) >= 11 is 3.27. The molecule has 7 rings (SSSR count). The van der Waals surface area contributed by atoms with Crippen LogP contribution in [-0.2, 0) is 9.47 Å². The highest BCUT2D eigenvalue weighted by Crippen LogP contribution is 2.38. The van der Waals surface area contributed by atoms with Crippen LogP contribution in [0.15, 0.2) is 87.8 Å². The van der Waals surface area contributed by atoms with E-state index < -0.39 is 23.4 Å². The summed E-state index contributed by atoms with van der Waals surface area (Å²) in [5, 5.41) is 2.95. The fourth-order valence-corrected chi connectivity index (χ4v) is 7.84. The zero-order valence-electron chi connectivity index (χ0n) is 28.2. The summed E-state index contributed by atoms with van der Waals surface area (Å²) in [6.07, 6.45) is -1.39. The molecule has 0 atom stereocenters. The van der Waals surface area contributed by atoms with Gasteiger partial charge in [0.05, 0.1) is 22.1 Å². The lowest BCUT2D eigenvalue weighted by Crippen LogP contribution is -2.29. The molecule has 0 saturated carbocycles. The van der Waals surface area contributed by atoms with Gasteiger partial charge in [-0.15, -0.1) is 22.7 Å². The van der Waals surface area contributed by atoms with Crippen LogP contribution in [0.2, 0.25) is 0 Å². The van der Waals surface area contributed by atoms with Gasteiger partial charge in [0.15, 0.2) is 10.9 Å². The number of thiophene rings is 2. The van der Waals surface area contributed by atoms with Crippen LogP contribution >= 0.6 is 22.7 Å². The lowest BCUT2D eigenvalue weighted by molar-refractivity contribution is 0.0538. The molecule has 0 aliphatic carbocycles. The minimum absolute atomic E-state index is 0.150. The summed E-state index contributed by atoms with van der Waals surface area (Å²) in [7, 11) is 0. The van der Waals surface area contributed by atoms with E-state index in [0.717, 1.165) is 25.8 Å². The van der Waals surface area contributed by atoms with E-state index in [2.05, 4.69) is 12.1 Å². The van der Waals surface area contributed by atoms with Crippen LogP contribution in [0.4, 0.5) is 9.59 Å². The molecule has 0 amide bonds. The number of hydrogen-bond donors (Lipinski definition) is 0. The Hall–Kier alpha value is -5.06. The maximum atomic E-state index is 14.5. The number of benzene rings is 3. The topological polar surface area (TPSA) is 96.6 Å². The second kappa shape index (κ2) is 11.5. The van der Waals surface area contributed by atoms with Gasteiger partial charge in [-0.2, -0.15) is 0 Å². The third-order valence-electron chi connectivity index (χ3n) is 8.01. The summed E-state index contributed by atoms with van der Waals surface area (Å²) in [5.74, 6) is 0. The summed E-state index contributed by atoms with van der Waals surface area (Å²) in [4.78, 5) is 59.7. The molecule has 8 nitrogen and oxygen atoms in total. The Bertz CT molecular complexity index is 2610. The summed E-state index contributed by atoms with van der Waals surface area (Å²) < 4.78 is 14.3. The molecule has 0 spiro atoms. The predicted octanol–water partition coefficient (Wildman–Crippen LogP) is 9.95. The van der Waals surface area contributed by atoms with E-state index in [4.69, 9.17) is 9.47 Å². The van der Waals surface area contributed by atoms with E-state index in [1.165, 1.54) is 21.3 Å². The van der Waals surface area contributed by atoms with Gasteiger partial charge in [0, 0.05) is 36.2 Å². The number of nitrogens with zero attached hydrogens (tertiary/aromatic N) is 2. The Labute approximate surface area is 289 Å². The number of fused-ring (bicyclic) bond motifs is 4. The van der Waals surface area contributed by atoms with Crippen molar-refractivity contribution in [1.82, 2.24) is 9.13 Å². The van der Waals surface area contributed by atoms with Gasteiger partial charge in [0.25, 0.3) is 0 Å². The van der Waals surface area contributed by atoms with Crippen molar-refractivity contribution in [2.45, 2.75) is 59.7 Å². The third kappa shape index (κ3) is 5.85. The molecule has 49 heavy (non-hydrogen) atoms. The maximum absolute atomic E-state index is 14.5. The Kier molecular flexibility index (Phi) is 7.64. The highest BCUT2D eigenvalue weighted by Gasteiger charge is 2.26. The largest absolute Gasteiger partial charge is 0.443 e. The summed E-state index contributed by atoms with van der Waals surface area (Å²) in [5.41, 5.74) is 0.378. The molecule has 0 aliphatic rings. The van der Waals surface area contributed by atoms with Gasteiger partial charge in [-0.3, -0.25) is 9.59 Å². The van der Waals surface area contributed by atoms with Gasteiger partial charge in [-0.25, -0.2) is 18.7 Å². The first kappa shape index (κ1) is 32.5. The molecule has 0 bridgehead atoms. The molecule has 0 saturated heterocycles. The third-order valence-corrected chi connectivity index (χ3v) is 10.2. The van der Waals surface area contributed by atoms with Gasteiger partial charge in [0.1, 0.15) is 11.2 Å². The van der Waals surface area contributed by atoms with Crippen molar-refractivity contribution in [2.75, 3.05) is 0 Å². The van der Waals surface area contributed by atoms with Crippen molar-refractivity contribution in [3.63, 3.8) is 0 Å². The van der Waals surface area contributed by atoms with Crippen LogP contribution in [-0.4, -0.2) is 32.5 Å². The van der Waals surface area contributed by atoms with E-state index in [0.29, 0.717) is 21.8 Å². The second-order valence-electron chi connectivity index (χ2n) is 14.1. The zero-order chi connectivity index (χ0) is 35.0. The smallest absolute Gasteiger partial charge is 0.419 e. The van der Waals surface area contributed by atoms with Crippen molar-refractivity contribution < 1.29 is 19.1 Å². The molecule has 4 heterocycles. The molecule has 4 aromatic heterocycles. The molecule has 0 fully saturated rings. The van der Waals surface area contributed by atoms with Gasteiger partial charge in [-0.1, -0.05) is 23.8 Å². The normalized spacial score (nSPS) is 12.3. The van der Waals surface area contributed by atoms with Crippen molar-refractivity contribution in [2.24, 2.45) is 0 Å². The molecule has 0 radical (unpaired) electrons. The first-order valence-corrected chi connectivity index (χ1v) is 17.5. The van der Waals surface area contributed by atoms with E-state index in [1.807, 2.05) is 36.6 Å². The SMILES string of the molecule is Cc1ccc2c(c1)c(=O)c1cc3c(cc1n2C(=O)OC(C)(C)C)c(=O)c1cc(-c2ccc(-c4cccs4)s2)ccc1n3C(=O)OC(C)(C)C. The Morgan fingerprint density at radius 1 is 0.592 bits per heavy atom. The Morgan fingerprint density at radius 2 is 1.10 bits per heavy atom. The number of carbonyl (C=O) groups excluding carboxylic acids is 2. The Morgan fingerprint density at radius 3 is 1.63 bits per heavy atom. The van der Waals surface area contributed by atoms with Crippen molar-refractivity contribution in [3.8, 4) is 20.2 Å². The molecule has 3 aromatic carbocycles. The monoisotopic (exact) mass is 690 g/mol. The average molecular weight is 691 g/mol. The van der Waals surface area contributed by atoms with Crippen molar-refractivity contribution >= 4 is 78.5 Å². The van der Waals surface area contributed by atoms with Gasteiger partial charge in [0.2, 0.25) is 0 Å². The van der Waals surface area contributed by atoms with Crippen LogP contribution < -0.4 is 10.9 Å². The Balaban J connectivity index is 1.58. The zero-order valence-corrected chi connectivity index (χ0v) is 29.8. The molecular formula is C39H34N2O6S2. The van der Waals surface area contributed by atoms with Crippen molar-refractivity contribution in [3.05, 3.63) is 104 Å². The quantitative estimate of drug-likeness (QED) is 0.168. The lowest BCUT2D eigenvalue weighted by Gasteiger charge is -2.23. The average Bonchev–Trinajstić information content (AvgIpc) is 3.72. The molecule has 0 unspecified atom stereocenters. The fraction of sp³-hybridized carbons (Fsp3) is 0.231. The van der Waals surface area contributed by atoms with E-state index in [9.17, 15) is 19.2 Å². The van der Waals surface area contributed by atoms with Crippen molar-refractivity contribution in [1.29, 1.82) is 0 Å². The molecule has 0 N–H and O–H groups in total. The van der Waals surface area contributed by atoms with Crippen LogP contribution in [0, 0.1) is 6.92 Å². The summed E-state index contributed by atoms with van der Waals surface area (Å²) in [6, 6.07) is 21.8. The maximum Gasteiger partial charge on any atom is 0.419 e. The number of rotatable bonds is 2. The lowest BCUT2D eigenvalue weighted by atomic mass is 10.0. The molecule has 10 heteroatoms. The first-order valence-electron chi connectivity index (χ1n) is 15.8. The number of aromatic nitrogens is 2. The fourth-order valence-electron chi connectivity index (χ4n) is 6.01. The standard InChI is InChI=1S/C39H34N2O6S2/c1-21-10-12-27-23(17-21)34(42)25-19-30-26(20-29(25)40(27)36(44)46-38(2,3)4)35(43)24-18-22(31-14-15-33(49-31)32-9-8-16-48-32)11-13-28(24)41(30)37(45)47-39(5,6)7/h8-20H,1-7H3. The number of hydrogen-bond acceptors (Lipinski definition) is 8. The molecule has 248 valence electrons. The number of carbonyl (C=O) groups is 2. The van der Waals surface area contributed by atoms with Gasteiger partial charge in [-0.05, 0) is 114 Å².